The van der Waals surface area contributed by atoms with Gasteiger partial charge in [0.2, 0.25) is 0 Å². The van der Waals surface area contributed by atoms with E-state index in [9.17, 15) is 9.32 Å². The van der Waals surface area contributed by atoms with E-state index in [1.807, 2.05) is 35.5 Å². The largest absolute Gasteiger partial charge is 0.508 e. The van der Waals surface area contributed by atoms with Crippen molar-refractivity contribution in [1.29, 1.82) is 0 Å². The molecule has 3 N–H and O–H groups in total. The van der Waals surface area contributed by atoms with Crippen LogP contribution in [0, 0.1) is 12.8 Å². The zero-order chi connectivity index (χ0) is 18.8. The maximum Gasteiger partial charge on any atom is 0.127 e. The maximum atomic E-state index is 12.7. The zero-order valence-electron chi connectivity index (χ0n) is 14.5. The fourth-order valence-corrected chi connectivity index (χ4v) is 4.82. The quantitative estimate of drug-likeness (QED) is 0.779. The van der Waals surface area contributed by atoms with E-state index in [1.165, 1.54) is 6.07 Å². The number of aryl methyl sites for hydroxylation is 1. The van der Waals surface area contributed by atoms with E-state index in [-0.39, 0.29) is 17.7 Å². The summed E-state index contributed by atoms with van der Waals surface area (Å²) in [6.45, 7) is 3.40. The summed E-state index contributed by atoms with van der Waals surface area (Å²) < 4.78 is 14.7. The Labute approximate surface area is 166 Å². The molecule has 0 bridgehead atoms. The van der Waals surface area contributed by atoms with Gasteiger partial charge in [-0.25, -0.2) is 8.51 Å². The lowest BCUT2D eigenvalue weighted by Crippen LogP contribution is -2.38. The first-order valence-electron chi connectivity index (χ1n) is 8.54. The normalized spacial score (nSPS) is 18.6. The Hall–Kier alpha value is -1.11. The van der Waals surface area contributed by atoms with Gasteiger partial charge in [0, 0.05) is 30.8 Å². The van der Waals surface area contributed by atoms with Gasteiger partial charge in [-0.3, -0.25) is 0 Å². The minimum atomic E-state index is -1.16. The van der Waals surface area contributed by atoms with E-state index in [1.54, 1.807) is 6.07 Å². The molecule has 0 spiro atoms. The molecule has 0 amide bonds. The number of benzene rings is 2. The molecule has 7 heteroatoms. The van der Waals surface area contributed by atoms with Crippen molar-refractivity contribution in [3.63, 3.8) is 0 Å². The minimum Gasteiger partial charge on any atom is -0.508 e. The highest BCUT2D eigenvalue weighted by Crippen LogP contribution is 2.38. The van der Waals surface area contributed by atoms with Crippen LogP contribution in [0.15, 0.2) is 41.3 Å². The van der Waals surface area contributed by atoms with Crippen LogP contribution in [0.1, 0.15) is 30.0 Å². The first-order chi connectivity index (χ1) is 12.4. The molecule has 1 fully saturated rings. The second-order valence-corrected chi connectivity index (χ2v) is 8.98. The SMILES string of the molecule is Cc1ccc(S(=O)N2CCC(C(N)c3cc(Cl)c(Cl)cc3O)CC2)cc1. The predicted molar refractivity (Wildman–Crippen MR) is 107 cm³/mol. The van der Waals surface area contributed by atoms with Crippen molar-refractivity contribution >= 4 is 34.2 Å². The van der Waals surface area contributed by atoms with Gasteiger partial charge in [0.25, 0.3) is 0 Å². The third-order valence-corrected chi connectivity index (χ3v) is 7.12. The Morgan fingerprint density at radius 2 is 1.73 bits per heavy atom. The number of halogens is 2. The highest BCUT2D eigenvalue weighted by atomic mass is 35.5. The van der Waals surface area contributed by atoms with Gasteiger partial charge < -0.3 is 10.8 Å². The Balaban J connectivity index is 1.65. The average Bonchev–Trinajstić information content (AvgIpc) is 2.64. The average molecular weight is 413 g/mol. The summed E-state index contributed by atoms with van der Waals surface area (Å²) in [6, 6.07) is 10.5. The van der Waals surface area contributed by atoms with Crippen LogP contribution in [-0.4, -0.2) is 26.7 Å². The molecule has 26 heavy (non-hydrogen) atoms. The molecular formula is C19H22Cl2N2O2S. The molecule has 0 radical (unpaired) electrons. The molecule has 2 unspecified atom stereocenters. The van der Waals surface area contributed by atoms with Gasteiger partial charge in [0.05, 0.1) is 14.9 Å². The molecule has 2 aromatic carbocycles. The number of rotatable bonds is 4. The van der Waals surface area contributed by atoms with E-state index in [0.717, 1.165) is 23.3 Å². The van der Waals surface area contributed by atoms with Gasteiger partial charge in [0.1, 0.15) is 16.7 Å². The van der Waals surface area contributed by atoms with Crippen LogP contribution < -0.4 is 5.73 Å². The number of phenolic OH excluding ortho intramolecular Hbond substituents is 1. The lowest BCUT2D eigenvalue weighted by Gasteiger charge is -2.34. The topological polar surface area (TPSA) is 66.6 Å². The number of nitrogens with zero attached hydrogens (tertiary/aromatic N) is 1. The van der Waals surface area contributed by atoms with Crippen LogP contribution in [0.5, 0.6) is 5.75 Å². The lowest BCUT2D eigenvalue weighted by atomic mass is 9.86. The predicted octanol–water partition coefficient (Wildman–Crippen LogP) is 4.44. The van der Waals surface area contributed by atoms with Crippen molar-refractivity contribution in [3.05, 3.63) is 57.6 Å². The van der Waals surface area contributed by atoms with E-state index in [4.69, 9.17) is 28.9 Å². The number of phenols is 1. The first kappa shape index (κ1) is 19.6. The number of piperidine rings is 1. The van der Waals surface area contributed by atoms with Crippen LogP contribution in [0.4, 0.5) is 0 Å². The summed E-state index contributed by atoms with van der Waals surface area (Å²) >= 11 is 12.0. The fourth-order valence-electron chi connectivity index (χ4n) is 3.28. The van der Waals surface area contributed by atoms with Crippen molar-refractivity contribution in [2.45, 2.75) is 30.7 Å². The number of nitrogens with two attached hydrogens (primary N) is 1. The van der Waals surface area contributed by atoms with Crippen LogP contribution in [-0.2, 0) is 11.0 Å². The number of hydrogen-bond acceptors (Lipinski definition) is 3. The number of hydrogen-bond donors (Lipinski definition) is 2. The van der Waals surface area contributed by atoms with E-state index >= 15 is 0 Å². The Morgan fingerprint density at radius 3 is 2.35 bits per heavy atom. The first-order valence-corrected chi connectivity index (χ1v) is 10.4. The third kappa shape index (κ3) is 4.24. The van der Waals surface area contributed by atoms with Crippen LogP contribution in [0.3, 0.4) is 0 Å². The van der Waals surface area contributed by atoms with Gasteiger partial charge in [-0.05, 0) is 43.9 Å². The molecule has 1 heterocycles. The van der Waals surface area contributed by atoms with Crippen LogP contribution in [0.2, 0.25) is 10.0 Å². The molecular weight excluding hydrogens is 391 g/mol. The van der Waals surface area contributed by atoms with Crippen molar-refractivity contribution in [2.24, 2.45) is 11.7 Å². The summed E-state index contributed by atoms with van der Waals surface area (Å²) in [6.07, 6.45) is 1.61. The molecule has 1 aliphatic rings. The van der Waals surface area contributed by atoms with Crippen molar-refractivity contribution < 1.29 is 9.32 Å². The smallest absolute Gasteiger partial charge is 0.127 e. The molecule has 140 valence electrons. The summed E-state index contributed by atoms with van der Waals surface area (Å²) in [7, 11) is -1.16. The van der Waals surface area contributed by atoms with Crippen LogP contribution in [0.25, 0.3) is 0 Å². The third-order valence-electron chi connectivity index (χ3n) is 4.89. The number of aromatic hydroxyl groups is 1. The fraction of sp³-hybridized carbons (Fsp3) is 0.368. The Kier molecular flexibility index (Phi) is 6.25. The van der Waals surface area contributed by atoms with Crippen molar-refractivity contribution in [2.75, 3.05) is 13.1 Å². The van der Waals surface area contributed by atoms with E-state index in [0.29, 0.717) is 28.7 Å². The molecule has 0 saturated carbocycles. The molecule has 3 rings (SSSR count). The van der Waals surface area contributed by atoms with Gasteiger partial charge in [-0.15, -0.1) is 0 Å². The van der Waals surface area contributed by atoms with Gasteiger partial charge in [0.15, 0.2) is 0 Å². The monoisotopic (exact) mass is 412 g/mol. The van der Waals surface area contributed by atoms with Gasteiger partial charge >= 0.3 is 0 Å². The van der Waals surface area contributed by atoms with Gasteiger partial charge in [-0.2, -0.15) is 0 Å². The standard InChI is InChI=1S/C19H22Cl2N2O2S/c1-12-2-4-14(5-3-12)26(25)23-8-6-13(7-9-23)19(22)15-10-16(20)17(21)11-18(15)24/h2-5,10-11,13,19,24H,6-9,22H2,1H3. The van der Waals surface area contributed by atoms with Crippen LogP contribution >= 0.6 is 23.2 Å². The Bertz CT molecular complexity index is 806. The van der Waals surface area contributed by atoms with Gasteiger partial charge in [-0.1, -0.05) is 40.9 Å². The molecule has 2 atom stereocenters. The lowest BCUT2D eigenvalue weighted by molar-refractivity contribution is 0.250. The summed E-state index contributed by atoms with van der Waals surface area (Å²) in [5.74, 6) is 0.252. The minimum absolute atomic E-state index is 0.0672. The summed E-state index contributed by atoms with van der Waals surface area (Å²) in [5.41, 5.74) is 8.14. The molecule has 1 aliphatic heterocycles. The second kappa shape index (κ2) is 8.28. The highest BCUT2D eigenvalue weighted by Gasteiger charge is 2.29. The van der Waals surface area contributed by atoms with E-state index in [2.05, 4.69) is 0 Å². The summed E-state index contributed by atoms with van der Waals surface area (Å²) in [5, 5.41) is 10.8. The molecule has 1 saturated heterocycles. The van der Waals surface area contributed by atoms with Crippen molar-refractivity contribution in [1.82, 2.24) is 4.31 Å². The zero-order valence-corrected chi connectivity index (χ0v) is 16.8. The highest BCUT2D eigenvalue weighted by molar-refractivity contribution is 7.82. The van der Waals surface area contributed by atoms with Crippen molar-refractivity contribution in [3.8, 4) is 5.75 Å². The van der Waals surface area contributed by atoms with E-state index < -0.39 is 11.0 Å². The maximum absolute atomic E-state index is 12.7. The second-order valence-electron chi connectivity index (χ2n) is 6.68. The molecule has 0 aliphatic carbocycles. The Morgan fingerprint density at radius 1 is 1.15 bits per heavy atom. The molecule has 2 aromatic rings. The molecule has 4 nitrogen and oxygen atoms in total. The summed E-state index contributed by atoms with van der Waals surface area (Å²) in [4.78, 5) is 0.820. The molecule has 0 aromatic heterocycles.